The van der Waals surface area contributed by atoms with E-state index in [0.717, 1.165) is 47.8 Å². The molecule has 0 aliphatic carbocycles. The van der Waals surface area contributed by atoms with Crippen molar-refractivity contribution in [2.75, 3.05) is 26.4 Å². The summed E-state index contributed by atoms with van der Waals surface area (Å²) in [6.45, 7) is 3.36. The van der Waals surface area contributed by atoms with Gasteiger partial charge < -0.3 is 19.7 Å². The van der Waals surface area contributed by atoms with Crippen LogP contribution in [0, 0.1) is 0 Å². The third-order valence-corrected chi connectivity index (χ3v) is 5.49. The van der Waals surface area contributed by atoms with E-state index in [1.807, 2.05) is 54.6 Å². The van der Waals surface area contributed by atoms with Gasteiger partial charge in [0.05, 0.1) is 12.7 Å². The van der Waals surface area contributed by atoms with Crippen LogP contribution in [0.4, 0.5) is 0 Å². The second kappa shape index (κ2) is 10.4. The molecule has 3 aromatic carbocycles. The van der Waals surface area contributed by atoms with Gasteiger partial charge in [0.2, 0.25) is 0 Å². The molecule has 0 bridgehead atoms. The lowest BCUT2D eigenvalue weighted by Gasteiger charge is -2.20. The molecule has 0 saturated carbocycles. The van der Waals surface area contributed by atoms with E-state index in [2.05, 4.69) is 23.1 Å². The number of hydrogen-bond donors (Lipinski definition) is 2. The number of ether oxygens (including phenoxy) is 2. The Labute approximate surface area is 183 Å². The number of benzene rings is 3. The number of nitrogens with zero attached hydrogens (tertiary/aromatic N) is 1. The molecule has 5 heteroatoms. The summed E-state index contributed by atoms with van der Waals surface area (Å²) in [6, 6.07) is 24.1. The SMILES string of the molecule is OCCOc1ccc(CN2CCOc3ccc([C@H](O)Cc4ccccc4)cc3C2)cc1. The molecular formula is C26H29NO4. The van der Waals surface area contributed by atoms with E-state index in [9.17, 15) is 5.11 Å². The monoisotopic (exact) mass is 419 g/mol. The Morgan fingerprint density at radius 2 is 1.77 bits per heavy atom. The van der Waals surface area contributed by atoms with Crippen molar-refractivity contribution in [3.8, 4) is 11.5 Å². The molecule has 0 saturated heterocycles. The molecule has 4 rings (SSSR count). The highest BCUT2D eigenvalue weighted by atomic mass is 16.5. The van der Waals surface area contributed by atoms with Gasteiger partial charge in [-0.25, -0.2) is 0 Å². The first-order valence-corrected chi connectivity index (χ1v) is 10.7. The number of fused-ring (bicyclic) bond motifs is 1. The summed E-state index contributed by atoms with van der Waals surface area (Å²) in [7, 11) is 0. The van der Waals surface area contributed by atoms with Crippen LogP contribution in [0.2, 0.25) is 0 Å². The number of rotatable bonds is 8. The summed E-state index contributed by atoms with van der Waals surface area (Å²) in [5.74, 6) is 1.66. The maximum absolute atomic E-state index is 10.8. The summed E-state index contributed by atoms with van der Waals surface area (Å²) >= 11 is 0. The van der Waals surface area contributed by atoms with Crippen molar-refractivity contribution < 1.29 is 19.7 Å². The average molecular weight is 420 g/mol. The topological polar surface area (TPSA) is 62.2 Å². The molecule has 1 aliphatic heterocycles. The quantitative estimate of drug-likeness (QED) is 0.583. The average Bonchev–Trinajstić information content (AvgIpc) is 3.00. The van der Waals surface area contributed by atoms with Gasteiger partial charge in [0.25, 0.3) is 0 Å². The van der Waals surface area contributed by atoms with E-state index in [-0.39, 0.29) is 6.61 Å². The molecule has 0 radical (unpaired) electrons. The molecule has 0 aromatic heterocycles. The normalized spacial score (nSPS) is 14.9. The number of aliphatic hydroxyl groups excluding tert-OH is 2. The summed E-state index contributed by atoms with van der Waals surface area (Å²) in [5.41, 5.74) is 4.33. The van der Waals surface area contributed by atoms with E-state index in [1.165, 1.54) is 5.56 Å². The zero-order chi connectivity index (χ0) is 21.5. The summed E-state index contributed by atoms with van der Waals surface area (Å²) in [6.07, 6.45) is 0.0467. The van der Waals surface area contributed by atoms with Crippen molar-refractivity contribution >= 4 is 0 Å². The maximum atomic E-state index is 10.8. The largest absolute Gasteiger partial charge is 0.492 e. The van der Waals surface area contributed by atoms with Crippen molar-refractivity contribution in [2.24, 2.45) is 0 Å². The van der Waals surface area contributed by atoms with Gasteiger partial charge in [0, 0.05) is 31.6 Å². The summed E-state index contributed by atoms with van der Waals surface area (Å²) < 4.78 is 11.4. The predicted octanol–water partition coefficient (Wildman–Crippen LogP) is 3.73. The van der Waals surface area contributed by atoms with Gasteiger partial charge >= 0.3 is 0 Å². The van der Waals surface area contributed by atoms with E-state index in [0.29, 0.717) is 19.6 Å². The van der Waals surface area contributed by atoms with Crippen molar-refractivity contribution in [1.82, 2.24) is 4.90 Å². The Hall–Kier alpha value is -2.86. The molecule has 1 aliphatic rings. The van der Waals surface area contributed by atoms with Crippen LogP contribution in [-0.2, 0) is 19.5 Å². The Bertz CT molecular complexity index is 959. The van der Waals surface area contributed by atoms with Crippen LogP contribution in [0.3, 0.4) is 0 Å². The van der Waals surface area contributed by atoms with Gasteiger partial charge in [-0.1, -0.05) is 48.5 Å². The van der Waals surface area contributed by atoms with Gasteiger partial charge in [-0.05, 0) is 41.0 Å². The van der Waals surface area contributed by atoms with Crippen LogP contribution in [-0.4, -0.2) is 41.5 Å². The third-order valence-electron chi connectivity index (χ3n) is 5.49. The molecular weight excluding hydrogens is 390 g/mol. The smallest absolute Gasteiger partial charge is 0.123 e. The molecule has 0 amide bonds. The molecule has 1 atom stereocenters. The lowest BCUT2D eigenvalue weighted by Crippen LogP contribution is -2.25. The maximum Gasteiger partial charge on any atom is 0.123 e. The fourth-order valence-corrected chi connectivity index (χ4v) is 3.88. The second-order valence-electron chi connectivity index (χ2n) is 7.85. The van der Waals surface area contributed by atoms with Gasteiger partial charge in [-0.2, -0.15) is 0 Å². The predicted molar refractivity (Wildman–Crippen MR) is 120 cm³/mol. The standard InChI is InChI=1S/C26H29NO4/c28-13-15-30-24-9-6-21(7-10-24)18-27-12-14-31-26-11-8-22(17-23(26)19-27)25(29)16-20-4-2-1-3-5-20/h1-11,17,25,28-29H,12-16,18-19H2/t25-/m1/s1. The lowest BCUT2D eigenvalue weighted by molar-refractivity contribution is 0.178. The molecule has 3 aromatic rings. The highest BCUT2D eigenvalue weighted by molar-refractivity contribution is 5.39. The van der Waals surface area contributed by atoms with Crippen LogP contribution in [0.25, 0.3) is 0 Å². The van der Waals surface area contributed by atoms with Gasteiger partial charge in [-0.3, -0.25) is 4.90 Å². The first kappa shape index (κ1) is 21.4. The van der Waals surface area contributed by atoms with E-state index >= 15 is 0 Å². The first-order chi connectivity index (χ1) is 15.2. The minimum absolute atomic E-state index is 0.0109. The Balaban J connectivity index is 1.43. The van der Waals surface area contributed by atoms with Crippen molar-refractivity contribution in [3.05, 3.63) is 95.1 Å². The molecule has 2 N–H and O–H groups in total. The van der Waals surface area contributed by atoms with Crippen LogP contribution < -0.4 is 9.47 Å². The van der Waals surface area contributed by atoms with Gasteiger partial charge in [-0.15, -0.1) is 0 Å². The van der Waals surface area contributed by atoms with Gasteiger partial charge in [0.15, 0.2) is 0 Å². The second-order valence-corrected chi connectivity index (χ2v) is 7.85. The van der Waals surface area contributed by atoms with E-state index in [1.54, 1.807) is 0 Å². The number of aliphatic hydroxyl groups is 2. The van der Waals surface area contributed by atoms with Crippen molar-refractivity contribution in [3.63, 3.8) is 0 Å². The third kappa shape index (κ3) is 5.85. The van der Waals surface area contributed by atoms with Crippen LogP contribution in [0.15, 0.2) is 72.8 Å². The minimum atomic E-state index is -0.545. The molecule has 31 heavy (non-hydrogen) atoms. The van der Waals surface area contributed by atoms with Crippen molar-refractivity contribution in [1.29, 1.82) is 0 Å². The molecule has 162 valence electrons. The minimum Gasteiger partial charge on any atom is -0.492 e. The zero-order valence-corrected chi connectivity index (χ0v) is 17.6. The first-order valence-electron chi connectivity index (χ1n) is 10.7. The van der Waals surface area contributed by atoms with Crippen LogP contribution in [0.5, 0.6) is 11.5 Å². The fraction of sp³-hybridized carbons (Fsp3) is 0.308. The zero-order valence-electron chi connectivity index (χ0n) is 17.6. The highest BCUT2D eigenvalue weighted by Crippen LogP contribution is 2.29. The Morgan fingerprint density at radius 3 is 2.55 bits per heavy atom. The van der Waals surface area contributed by atoms with Crippen LogP contribution >= 0.6 is 0 Å². The lowest BCUT2D eigenvalue weighted by atomic mass is 9.99. The van der Waals surface area contributed by atoms with Crippen LogP contribution in [0.1, 0.15) is 28.4 Å². The van der Waals surface area contributed by atoms with Gasteiger partial charge in [0.1, 0.15) is 24.7 Å². The fourth-order valence-electron chi connectivity index (χ4n) is 3.88. The Morgan fingerprint density at radius 1 is 0.968 bits per heavy atom. The van der Waals surface area contributed by atoms with E-state index in [4.69, 9.17) is 14.6 Å². The van der Waals surface area contributed by atoms with E-state index < -0.39 is 6.10 Å². The molecule has 1 heterocycles. The summed E-state index contributed by atoms with van der Waals surface area (Å²) in [5, 5.41) is 19.6. The Kier molecular flexibility index (Phi) is 7.20. The van der Waals surface area contributed by atoms with Crippen molar-refractivity contribution in [2.45, 2.75) is 25.6 Å². The number of hydrogen-bond acceptors (Lipinski definition) is 5. The summed E-state index contributed by atoms with van der Waals surface area (Å²) in [4.78, 5) is 2.35. The highest BCUT2D eigenvalue weighted by Gasteiger charge is 2.18. The molecule has 5 nitrogen and oxygen atoms in total. The molecule has 0 fully saturated rings. The molecule has 0 unspecified atom stereocenters. The molecule has 0 spiro atoms.